The first-order valence-electron chi connectivity index (χ1n) is 5.69. The van der Waals surface area contributed by atoms with Crippen LogP contribution in [0.1, 0.15) is 11.1 Å². The molecule has 1 heterocycles. The number of pyridine rings is 1. The molecule has 0 atom stereocenters. The van der Waals surface area contributed by atoms with Crippen LogP contribution in [0.3, 0.4) is 0 Å². The summed E-state index contributed by atoms with van der Waals surface area (Å²) in [4.78, 5) is 2.73. The van der Waals surface area contributed by atoms with Crippen LogP contribution in [-0.4, -0.2) is 13.4 Å². The molecule has 2 aromatic rings. The zero-order valence-corrected chi connectivity index (χ0v) is 11.6. The lowest BCUT2D eigenvalue weighted by Crippen LogP contribution is -2.16. The fraction of sp³-hybridized carbons (Fsp3) is 0.0769. The van der Waals surface area contributed by atoms with Crippen LogP contribution in [0.25, 0.3) is 0 Å². The molecule has 1 aromatic heterocycles. The van der Waals surface area contributed by atoms with E-state index < -0.39 is 27.6 Å². The monoisotopic (exact) mass is 309 g/mol. The second-order valence-corrected chi connectivity index (χ2v) is 5.82. The minimum absolute atomic E-state index is 0.152. The third-order valence-corrected chi connectivity index (χ3v) is 4.17. The van der Waals surface area contributed by atoms with Crippen molar-refractivity contribution in [1.29, 1.82) is 5.26 Å². The molecule has 0 aliphatic rings. The first-order valence-corrected chi connectivity index (χ1v) is 7.17. The van der Waals surface area contributed by atoms with Crippen LogP contribution in [0.5, 0.6) is 0 Å². The highest BCUT2D eigenvalue weighted by Crippen LogP contribution is 2.21. The van der Waals surface area contributed by atoms with Crippen molar-refractivity contribution in [2.24, 2.45) is 0 Å². The van der Waals surface area contributed by atoms with Crippen molar-refractivity contribution in [3.8, 4) is 6.07 Å². The summed E-state index contributed by atoms with van der Waals surface area (Å²) in [6.45, 7) is 1.54. The van der Waals surface area contributed by atoms with Gasteiger partial charge in [-0.05, 0) is 36.8 Å². The number of halogens is 2. The Balaban J connectivity index is 2.46. The SMILES string of the molecule is Cc1ccc(C#N)cc1S(=O)(=O)Nc1ccc(F)nc1F. The molecular formula is C13H9F2N3O2S. The molecule has 0 aliphatic heterocycles. The van der Waals surface area contributed by atoms with E-state index in [-0.39, 0.29) is 10.5 Å². The highest BCUT2D eigenvalue weighted by atomic mass is 32.2. The quantitative estimate of drug-likeness (QED) is 0.882. The van der Waals surface area contributed by atoms with E-state index in [0.29, 0.717) is 5.56 Å². The average molecular weight is 309 g/mol. The highest BCUT2D eigenvalue weighted by Gasteiger charge is 2.20. The third kappa shape index (κ3) is 3.14. The Morgan fingerprint density at radius 2 is 1.95 bits per heavy atom. The Morgan fingerprint density at radius 1 is 1.24 bits per heavy atom. The largest absolute Gasteiger partial charge is 0.275 e. The normalized spacial score (nSPS) is 11.0. The van der Waals surface area contributed by atoms with Crippen molar-refractivity contribution in [1.82, 2.24) is 4.98 Å². The fourth-order valence-electron chi connectivity index (χ4n) is 1.65. The van der Waals surface area contributed by atoms with E-state index in [0.717, 1.165) is 12.1 Å². The predicted molar refractivity (Wildman–Crippen MR) is 70.9 cm³/mol. The van der Waals surface area contributed by atoms with Gasteiger partial charge in [0.05, 0.1) is 16.5 Å². The highest BCUT2D eigenvalue weighted by molar-refractivity contribution is 7.92. The van der Waals surface area contributed by atoms with E-state index in [9.17, 15) is 17.2 Å². The van der Waals surface area contributed by atoms with Gasteiger partial charge < -0.3 is 0 Å². The van der Waals surface area contributed by atoms with Crippen molar-refractivity contribution in [3.05, 3.63) is 53.4 Å². The van der Waals surface area contributed by atoms with Gasteiger partial charge in [0.15, 0.2) is 0 Å². The third-order valence-electron chi connectivity index (χ3n) is 2.67. The smallest absolute Gasteiger partial charge is 0.262 e. The summed E-state index contributed by atoms with van der Waals surface area (Å²) in [5, 5.41) is 8.81. The molecule has 0 amide bonds. The molecule has 0 unspecified atom stereocenters. The number of anilines is 1. The molecule has 1 aromatic carbocycles. The van der Waals surface area contributed by atoms with E-state index in [1.54, 1.807) is 0 Å². The Hall–Kier alpha value is -2.53. The molecule has 0 aliphatic carbocycles. The second kappa shape index (κ2) is 5.46. The maximum atomic E-state index is 13.4. The van der Waals surface area contributed by atoms with Crippen LogP contribution in [0, 0.1) is 30.2 Å². The zero-order valence-electron chi connectivity index (χ0n) is 10.8. The number of rotatable bonds is 3. The maximum Gasteiger partial charge on any atom is 0.262 e. The molecule has 0 radical (unpaired) electrons. The number of nitrogens with zero attached hydrogens (tertiary/aromatic N) is 2. The number of nitrogens with one attached hydrogen (secondary N) is 1. The lowest BCUT2D eigenvalue weighted by Gasteiger charge is -2.10. The summed E-state index contributed by atoms with van der Waals surface area (Å²) >= 11 is 0. The van der Waals surface area contributed by atoms with E-state index >= 15 is 0 Å². The van der Waals surface area contributed by atoms with Gasteiger partial charge >= 0.3 is 0 Å². The Morgan fingerprint density at radius 3 is 2.57 bits per heavy atom. The zero-order chi connectivity index (χ0) is 15.6. The molecule has 21 heavy (non-hydrogen) atoms. The van der Waals surface area contributed by atoms with Gasteiger partial charge in [-0.3, -0.25) is 4.72 Å². The molecule has 2 rings (SSSR count). The van der Waals surface area contributed by atoms with Crippen molar-refractivity contribution >= 4 is 15.7 Å². The van der Waals surface area contributed by atoms with Crippen LogP contribution in [0.15, 0.2) is 35.2 Å². The minimum atomic E-state index is -4.12. The number of nitriles is 1. The number of aryl methyl sites for hydroxylation is 1. The van der Waals surface area contributed by atoms with E-state index in [2.05, 4.69) is 4.98 Å². The molecule has 0 bridgehead atoms. The van der Waals surface area contributed by atoms with E-state index in [1.807, 2.05) is 10.8 Å². The van der Waals surface area contributed by atoms with Gasteiger partial charge in [0.2, 0.25) is 11.9 Å². The number of sulfonamides is 1. The standard InChI is InChI=1S/C13H9F2N3O2S/c1-8-2-3-9(7-16)6-11(8)21(19,20)18-10-4-5-12(14)17-13(10)15/h2-6,18H,1H3. The lowest BCUT2D eigenvalue weighted by atomic mass is 10.2. The van der Waals surface area contributed by atoms with Gasteiger partial charge in [0, 0.05) is 0 Å². The van der Waals surface area contributed by atoms with Gasteiger partial charge in [-0.15, -0.1) is 0 Å². The molecule has 8 heteroatoms. The Labute approximate surface area is 119 Å². The Kier molecular flexibility index (Phi) is 3.86. The van der Waals surface area contributed by atoms with Gasteiger partial charge in [-0.25, -0.2) is 8.42 Å². The molecule has 0 saturated carbocycles. The molecule has 0 saturated heterocycles. The van der Waals surface area contributed by atoms with Crippen LogP contribution in [-0.2, 0) is 10.0 Å². The summed E-state index contributed by atoms with van der Waals surface area (Å²) in [6, 6.07) is 7.69. The molecule has 108 valence electrons. The summed E-state index contributed by atoms with van der Waals surface area (Å²) in [5.41, 5.74) is 0.0637. The summed E-state index contributed by atoms with van der Waals surface area (Å²) in [7, 11) is -4.12. The number of hydrogen-bond donors (Lipinski definition) is 1. The summed E-state index contributed by atoms with van der Waals surface area (Å²) < 4.78 is 52.5. The van der Waals surface area contributed by atoms with Crippen molar-refractivity contribution in [2.45, 2.75) is 11.8 Å². The molecule has 0 fully saturated rings. The second-order valence-electron chi connectivity index (χ2n) is 4.17. The van der Waals surface area contributed by atoms with Crippen molar-refractivity contribution in [2.75, 3.05) is 4.72 Å². The molecule has 0 spiro atoms. The van der Waals surface area contributed by atoms with Gasteiger partial charge in [-0.2, -0.15) is 19.0 Å². The van der Waals surface area contributed by atoms with Crippen molar-refractivity contribution in [3.63, 3.8) is 0 Å². The number of hydrogen-bond acceptors (Lipinski definition) is 4. The molecule has 5 nitrogen and oxygen atoms in total. The number of aromatic nitrogens is 1. The average Bonchev–Trinajstić information content (AvgIpc) is 2.42. The van der Waals surface area contributed by atoms with Gasteiger partial charge in [-0.1, -0.05) is 6.07 Å². The van der Waals surface area contributed by atoms with Crippen LogP contribution in [0.4, 0.5) is 14.5 Å². The summed E-state index contributed by atoms with van der Waals surface area (Å²) in [5.74, 6) is -2.33. The molecular weight excluding hydrogens is 300 g/mol. The fourth-order valence-corrected chi connectivity index (χ4v) is 2.97. The number of benzene rings is 1. The Bertz CT molecular complexity index is 845. The van der Waals surface area contributed by atoms with Crippen molar-refractivity contribution < 1.29 is 17.2 Å². The van der Waals surface area contributed by atoms with E-state index in [1.165, 1.54) is 25.1 Å². The van der Waals surface area contributed by atoms with Crippen LogP contribution < -0.4 is 4.72 Å². The van der Waals surface area contributed by atoms with Gasteiger partial charge in [0.1, 0.15) is 5.69 Å². The topological polar surface area (TPSA) is 82.8 Å². The van der Waals surface area contributed by atoms with Crippen LogP contribution in [0.2, 0.25) is 0 Å². The van der Waals surface area contributed by atoms with E-state index in [4.69, 9.17) is 5.26 Å². The lowest BCUT2D eigenvalue weighted by molar-refractivity contribution is 0.515. The molecule has 1 N–H and O–H groups in total. The minimum Gasteiger partial charge on any atom is -0.275 e. The first kappa shape index (κ1) is 14.9. The first-order chi connectivity index (χ1) is 9.83. The van der Waals surface area contributed by atoms with Crippen LogP contribution >= 0.6 is 0 Å². The maximum absolute atomic E-state index is 13.4. The van der Waals surface area contributed by atoms with Gasteiger partial charge in [0.25, 0.3) is 10.0 Å². The summed E-state index contributed by atoms with van der Waals surface area (Å²) in [6.07, 6.45) is 0. The predicted octanol–water partition coefficient (Wildman–Crippen LogP) is 2.34.